The molecule has 14 heavy (non-hydrogen) atoms. The van der Waals surface area contributed by atoms with E-state index in [1.54, 1.807) is 18.2 Å². The van der Waals surface area contributed by atoms with E-state index in [2.05, 4.69) is 5.32 Å². The van der Waals surface area contributed by atoms with Gasteiger partial charge < -0.3 is 15.8 Å². The summed E-state index contributed by atoms with van der Waals surface area (Å²) in [6.07, 6.45) is 0.816. The molecule has 1 aromatic rings. The smallest absolute Gasteiger partial charge is 0.188 e. The molecule has 0 aliphatic carbocycles. The molecule has 0 amide bonds. The lowest BCUT2D eigenvalue weighted by atomic mass is 10.2. The van der Waals surface area contributed by atoms with E-state index in [0.29, 0.717) is 18.8 Å². The summed E-state index contributed by atoms with van der Waals surface area (Å²) >= 11 is 0. The Kier molecular flexibility index (Phi) is 4.19. The molecule has 0 atom stereocenters. The van der Waals surface area contributed by atoms with E-state index in [9.17, 15) is 4.39 Å². The highest BCUT2D eigenvalue weighted by molar-refractivity contribution is 5.50. The van der Waals surface area contributed by atoms with Gasteiger partial charge in [0.2, 0.25) is 0 Å². The lowest BCUT2D eigenvalue weighted by molar-refractivity contribution is 0.387. The van der Waals surface area contributed by atoms with Gasteiger partial charge in [-0.15, -0.1) is 0 Å². The van der Waals surface area contributed by atoms with Crippen LogP contribution < -0.4 is 15.8 Å². The van der Waals surface area contributed by atoms with Crippen LogP contribution in [0, 0.1) is 5.82 Å². The molecule has 0 bridgehead atoms. The molecule has 4 heteroatoms. The maximum Gasteiger partial charge on any atom is 0.188 e. The van der Waals surface area contributed by atoms with Crippen LogP contribution in [0.4, 0.5) is 10.1 Å². The Morgan fingerprint density at radius 1 is 1.50 bits per heavy atom. The Balaban J connectivity index is 2.66. The first-order valence-electron chi connectivity index (χ1n) is 4.56. The van der Waals surface area contributed by atoms with Crippen LogP contribution >= 0.6 is 0 Å². The maximum atomic E-state index is 13.5. The predicted octanol–water partition coefficient (Wildman–Crippen LogP) is 1.59. The molecule has 3 nitrogen and oxygen atoms in total. The fourth-order valence-corrected chi connectivity index (χ4v) is 1.13. The summed E-state index contributed by atoms with van der Waals surface area (Å²) in [7, 11) is 1.45. The zero-order valence-corrected chi connectivity index (χ0v) is 8.22. The van der Waals surface area contributed by atoms with Crippen molar-refractivity contribution in [1.82, 2.24) is 0 Å². The molecule has 0 saturated heterocycles. The van der Waals surface area contributed by atoms with Crippen LogP contribution in [0.5, 0.6) is 5.75 Å². The molecule has 0 aromatic heterocycles. The zero-order valence-electron chi connectivity index (χ0n) is 8.22. The Morgan fingerprint density at radius 2 is 2.29 bits per heavy atom. The average Bonchev–Trinajstić information content (AvgIpc) is 2.21. The van der Waals surface area contributed by atoms with Gasteiger partial charge in [-0.05, 0) is 25.1 Å². The molecule has 1 rings (SSSR count). The van der Waals surface area contributed by atoms with Crippen molar-refractivity contribution < 1.29 is 9.13 Å². The van der Waals surface area contributed by atoms with E-state index in [4.69, 9.17) is 10.5 Å². The minimum Gasteiger partial charge on any atom is -0.494 e. The minimum atomic E-state index is -0.355. The Labute approximate surface area is 83.1 Å². The highest BCUT2D eigenvalue weighted by atomic mass is 19.1. The minimum absolute atomic E-state index is 0.253. The molecule has 3 N–H and O–H groups in total. The molecule has 0 saturated carbocycles. The molecular weight excluding hydrogens is 183 g/mol. The molecule has 0 heterocycles. The molecule has 0 aliphatic heterocycles. The Hall–Kier alpha value is -1.29. The van der Waals surface area contributed by atoms with Gasteiger partial charge in [0.15, 0.2) is 11.6 Å². The molecule has 78 valence electrons. The van der Waals surface area contributed by atoms with Crippen molar-refractivity contribution in [2.45, 2.75) is 6.42 Å². The van der Waals surface area contributed by atoms with Gasteiger partial charge in [0.25, 0.3) is 0 Å². The summed E-state index contributed by atoms with van der Waals surface area (Å²) in [6, 6.07) is 5.00. The van der Waals surface area contributed by atoms with Gasteiger partial charge in [0.05, 0.1) is 12.8 Å². The van der Waals surface area contributed by atoms with Crippen LogP contribution in [0.25, 0.3) is 0 Å². The number of anilines is 1. The quantitative estimate of drug-likeness (QED) is 0.706. The number of benzene rings is 1. The summed E-state index contributed by atoms with van der Waals surface area (Å²) in [5.41, 5.74) is 5.78. The van der Waals surface area contributed by atoms with Gasteiger partial charge in [-0.1, -0.05) is 6.07 Å². The van der Waals surface area contributed by atoms with E-state index in [1.807, 2.05) is 0 Å². The summed E-state index contributed by atoms with van der Waals surface area (Å²) in [6.45, 7) is 1.26. The van der Waals surface area contributed by atoms with Gasteiger partial charge in [-0.2, -0.15) is 0 Å². The molecule has 0 radical (unpaired) electrons. The lowest BCUT2D eigenvalue weighted by Crippen LogP contribution is -2.09. The molecule has 0 spiro atoms. The van der Waals surface area contributed by atoms with Crippen LogP contribution in [0.1, 0.15) is 6.42 Å². The molecular formula is C10H15FN2O. The zero-order chi connectivity index (χ0) is 10.4. The summed E-state index contributed by atoms with van der Waals surface area (Å²) in [4.78, 5) is 0. The second-order valence-corrected chi connectivity index (χ2v) is 2.89. The van der Waals surface area contributed by atoms with Crippen LogP contribution in [0.3, 0.4) is 0 Å². The molecule has 0 aliphatic rings. The molecule has 0 unspecified atom stereocenters. The third-order valence-electron chi connectivity index (χ3n) is 1.88. The van der Waals surface area contributed by atoms with Crippen molar-refractivity contribution >= 4 is 5.69 Å². The number of ether oxygens (including phenoxy) is 1. The maximum absolute atomic E-state index is 13.5. The first kappa shape index (κ1) is 10.8. The van der Waals surface area contributed by atoms with Gasteiger partial charge in [0.1, 0.15) is 0 Å². The summed E-state index contributed by atoms with van der Waals surface area (Å²) < 4.78 is 18.3. The highest BCUT2D eigenvalue weighted by Gasteiger charge is 2.06. The highest BCUT2D eigenvalue weighted by Crippen LogP contribution is 2.23. The first-order chi connectivity index (χ1) is 6.79. The summed E-state index contributed by atoms with van der Waals surface area (Å²) in [5, 5.41) is 2.95. The number of hydrogen-bond acceptors (Lipinski definition) is 3. The Morgan fingerprint density at radius 3 is 2.93 bits per heavy atom. The number of methoxy groups -OCH3 is 1. The Bertz CT molecular complexity index is 291. The van der Waals surface area contributed by atoms with E-state index >= 15 is 0 Å². The number of rotatable bonds is 5. The van der Waals surface area contributed by atoms with Crippen molar-refractivity contribution in [1.29, 1.82) is 0 Å². The second kappa shape index (κ2) is 5.44. The van der Waals surface area contributed by atoms with Crippen molar-refractivity contribution in [3.8, 4) is 5.75 Å². The SMILES string of the molecule is COc1cccc(NCCCN)c1F. The third-order valence-corrected chi connectivity index (χ3v) is 1.88. The number of nitrogens with two attached hydrogens (primary N) is 1. The van der Waals surface area contributed by atoms with E-state index in [-0.39, 0.29) is 11.6 Å². The number of halogens is 1. The predicted molar refractivity (Wildman–Crippen MR) is 55.1 cm³/mol. The van der Waals surface area contributed by atoms with E-state index < -0.39 is 0 Å². The molecule has 0 fully saturated rings. The largest absolute Gasteiger partial charge is 0.494 e. The first-order valence-corrected chi connectivity index (χ1v) is 4.56. The van der Waals surface area contributed by atoms with Crippen LogP contribution in [0.15, 0.2) is 18.2 Å². The van der Waals surface area contributed by atoms with Crippen LogP contribution in [-0.4, -0.2) is 20.2 Å². The van der Waals surface area contributed by atoms with Gasteiger partial charge in [-0.25, -0.2) is 4.39 Å². The van der Waals surface area contributed by atoms with E-state index in [1.165, 1.54) is 7.11 Å². The number of nitrogens with one attached hydrogen (secondary N) is 1. The van der Waals surface area contributed by atoms with Crippen molar-refractivity contribution in [2.75, 3.05) is 25.5 Å². The third kappa shape index (κ3) is 2.60. The standard InChI is InChI=1S/C10H15FN2O/c1-14-9-5-2-4-8(10(9)11)13-7-3-6-12/h2,4-5,13H,3,6-7,12H2,1H3. The van der Waals surface area contributed by atoms with Crippen LogP contribution in [-0.2, 0) is 0 Å². The number of hydrogen-bond donors (Lipinski definition) is 2. The average molecular weight is 198 g/mol. The lowest BCUT2D eigenvalue weighted by Gasteiger charge is -2.09. The monoisotopic (exact) mass is 198 g/mol. The van der Waals surface area contributed by atoms with E-state index in [0.717, 1.165) is 6.42 Å². The topological polar surface area (TPSA) is 47.3 Å². The van der Waals surface area contributed by atoms with Crippen molar-refractivity contribution in [3.05, 3.63) is 24.0 Å². The van der Waals surface area contributed by atoms with Gasteiger partial charge >= 0.3 is 0 Å². The molecule has 1 aromatic carbocycles. The van der Waals surface area contributed by atoms with Crippen molar-refractivity contribution in [2.24, 2.45) is 5.73 Å². The fourth-order valence-electron chi connectivity index (χ4n) is 1.13. The summed E-state index contributed by atoms with van der Waals surface area (Å²) in [5.74, 6) is -0.102. The second-order valence-electron chi connectivity index (χ2n) is 2.89. The van der Waals surface area contributed by atoms with Crippen LogP contribution in [0.2, 0.25) is 0 Å². The van der Waals surface area contributed by atoms with Crippen molar-refractivity contribution in [3.63, 3.8) is 0 Å². The van der Waals surface area contributed by atoms with Gasteiger partial charge in [0, 0.05) is 6.54 Å². The fraction of sp³-hybridized carbons (Fsp3) is 0.400. The van der Waals surface area contributed by atoms with Gasteiger partial charge in [-0.3, -0.25) is 0 Å². The normalized spacial score (nSPS) is 9.93.